The van der Waals surface area contributed by atoms with E-state index in [2.05, 4.69) is 0 Å². The maximum Gasteiger partial charge on any atom is 0.320 e. The fourth-order valence-electron chi connectivity index (χ4n) is 0.701. The molecule has 0 aliphatic rings. The van der Waals surface area contributed by atoms with Crippen LogP contribution >= 0.6 is 0 Å². The highest BCUT2D eigenvalue weighted by atomic mass is 16.4. The van der Waals surface area contributed by atoms with Crippen molar-refractivity contribution < 1.29 is 35.1 Å². The predicted molar refractivity (Wildman–Crippen MR) is 61.6 cm³/mol. The van der Waals surface area contributed by atoms with Crippen LogP contribution in [0, 0.1) is 5.92 Å². The molecule has 0 aliphatic heterocycles. The second-order valence-corrected chi connectivity index (χ2v) is 3.98. The van der Waals surface area contributed by atoms with Gasteiger partial charge in [0.05, 0.1) is 6.61 Å². The average molecular weight is 267 g/mol. The van der Waals surface area contributed by atoms with Gasteiger partial charge in [0.25, 0.3) is 0 Å². The number of aliphatic carboxylic acids is 1. The molecule has 8 heteroatoms. The number of carboxylic acids is 1. The monoisotopic (exact) mass is 267 g/mol. The minimum Gasteiger partial charge on any atom is -0.480 e. The van der Waals surface area contributed by atoms with Gasteiger partial charge < -0.3 is 36.1 Å². The highest BCUT2D eigenvalue weighted by Crippen LogP contribution is 1.96. The van der Waals surface area contributed by atoms with Crippen LogP contribution in [0.15, 0.2) is 0 Å². The molecule has 0 aromatic carbocycles. The third-order valence-electron chi connectivity index (χ3n) is 2.07. The Bertz CT molecular complexity index is 246. The molecule has 0 aromatic rings. The van der Waals surface area contributed by atoms with Gasteiger partial charge in [-0.25, -0.2) is 0 Å². The summed E-state index contributed by atoms with van der Waals surface area (Å²) in [6.07, 6.45) is -4.63. The summed E-state index contributed by atoms with van der Waals surface area (Å²) in [5.41, 5.74) is 5.16. The molecule has 8 nitrogen and oxygen atoms in total. The normalized spacial score (nSPS) is 17.1. The Balaban J connectivity index is 0. The number of aliphatic hydroxyl groups is 4. The molecule has 0 aromatic heterocycles. The Kier molecular flexibility index (Phi) is 10.6. The number of rotatable bonds is 6. The van der Waals surface area contributed by atoms with Gasteiger partial charge in [-0.1, -0.05) is 13.8 Å². The van der Waals surface area contributed by atoms with Crippen molar-refractivity contribution in [3.05, 3.63) is 0 Å². The number of carboxylic acid groups (broad SMARTS) is 1. The van der Waals surface area contributed by atoms with Crippen molar-refractivity contribution in [2.24, 2.45) is 11.7 Å². The Morgan fingerprint density at radius 3 is 1.89 bits per heavy atom. The van der Waals surface area contributed by atoms with Gasteiger partial charge in [0.1, 0.15) is 24.4 Å². The number of carbonyl (C=O) groups is 2. The molecule has 0 heterocycles. The SMILES string of the molecule is CC(C)C(N)C(=O)O.O=C[C@H](O)[C@@H](O)[C@H](O)CO. The summed E-state index contributed by atoms with van der Waals surface area (Å²) in [5.74, 6) is -0.910. The molecule has 0 radical (unpaired) electrons. The highest BCUT2D eigenvalue weighted by molar-refractivity contribution is 5.73. The van der Waals surface area contributed by atoms with E-state index in [1.54, 1.807) is 13.8 Å². The molecule has 0 bridgehead atoms. The van der Waals surface area contributed by atoms with Gasteiger partial charge in [-0.2, -0.15) is 0 Å². The van der Waals surface area contributed by atoms with E-state index in [0.717, 1.165) is 0 Å². The Morgan fingerprint density at radius 2 is 1.72 bits per heavy atom. The van der Waals surface area contributed by atoms with Crippen LogP contribution in [0.2, 0.25) is 0 Å². The lowest BCUT2D eigenvalue weighted by molar-refractivity contribution is -0.139. The lowest BCUT2D eigenvalue weighted by atomic mass is 10.1. The number of aldehydes is 1. The van der Waals surface area contributed by atoms with Crippen LogP contribution in [0.25, 0.3) is 0 Å². The van der Waals surface area contributed by atoms with E-state index in [0.29, 0.717) is 0 Å². The van der Waals surface area contributed by atoms with E-state index in [1.807, 2.05) is 0 Å². The Morgan fingerprint density at radius 1 is 1.28 bits per heavy atom. The number of hydrogen-bond acceptors (Lipinski definition) is 7. The van der Waals surface area contributed by atoms with Gasteiger partial charge in [-0.3, -0.25) is 4.79 Å². The quantitative estimate of drug-likeness (QED) is 0.283. The van der Waals surface area contributed by atoms with Crippen molar-refractivity contribution in [1.82, 2.24) is 0 Å². The van der Waals surface area contributed by atoms with Gasteiger partial charge in [-0.15, -0.1) is 0 Å². The molecular formula is C10H21NO7. The molecule has 4 atom stereocenters. The molecule has 18 heavy (non-hydrogen) atoms. The van der Waals surface area contributed by atoms with Gasteiger partial charge in [-0.05, 0) is 5.92 Å². The van der Waals surface area contributed by atoms with Crippen LogP contribution in [0.5, 0.6) is 0 Å². The van der Waals surface area contributed by atoms with E-state index in [9.17, 15) is 9.59 Å². The fourth-order valence-corrected chi connectivity index (χ4v) is 0.701. The first-order valence-electron chi connectivity index (χ1n) is 5.27. The first kappa shape index (κ1) is 19.3. The van der Waals surface area contributed by atoms with Crippen molar-refractivity contribution >= 4 is 12.3 Å². The number of carbonyl (C=O) groups excluding carboxylic acids is 1. The zero-order valence-corrected chi connectivity index (χ0v) is 10.3. The van der Waals surface area contributed by atoms with Gasteiger partial charge in [0.15, 0.2) is 6.29 Å². The minimum atomic E-state index is -1.64. The van der Waals surface area contributed by atoms with E-state index in [1.165, 1.54) is 0 Å². The second kappa shape index (κ2) is 9.92. The lowest BCUT2D eigenvalue weighted by Crippen LogP contribution is -2.40. The first-order chi connectivity index (χ1) is 8.18. The van der Waals surface area contributed by atoms with Crippen LogP contribution in [0.1, 0.15) is 13.8 Å². The predicted octanol–water partition coefficient (Wildman–Crippen LogP) is -2.69. The topological polar surface area (TPSA) is 161 Å². The molecular weight excluding hydrogens is 246 g/mol. The number of hydrogen-bond donors (Lipinski definition) is 6. The highest BCUT2D eigenvalue weighted by Gasteiger charge is 2.22. The van der Waals surface area contributed by atoms with E-state index in [-0.39, 0.29) is 12.2 Å². The molecule has 1 unspecified atom stereocenters. The molecule has 0 fully saturated rings. The molecule has 0 saturated heterocycles. The van der Waals surface area contributed by atoms with Crippen LogP contribution in [-0.2, 0) is 9.59 Å². The van der Waals surface area contributed by atoms with E-state index >= 15 is 0 Å². The number of nitrogens with two attached hydrogens (primary N) is 1. The van der Waals surface area contributed by atoms with Gasteiger partial charge >= 0.3 is 5.97 Å². The van der Waals surface area contributed by atoms with Crippen LogP contribution in [0.3, 0.4) is 0 Å². The van der Waals surface area contributed by atoms with Gasteiger partial charge in [0.2, 0.25) is 0 Å². The summed E-state index contributed by atoms with van der Waals surface area (Å²) < 4.78 is 0. The molecule has 0 saturated carbocycles. The maximum absolute atomic E-state index is 10.0. The molecule has 0 rings (SSSR count). The number of aliphatic hydroxyl groups excluding tert-OH is 4. The van der Waals surface area contributed by atoms with Crippen molar-refractivity contribution in [3.63, 3.8) is 0 Å². The third-order valence-corrected chi connectivity index (χ3v) is 2.07. The third kappa shape index (κ3) is 8.09. The van der Waals surface area contributed by atoms with E-state index in [4.69, 9.17) is 31.3 Å². The Hall–Kier alpha value is -1.06. The largest absolute Gasteiger partial charge is 0.480 e. The second-order valence-electron chi connectivity index (χ2n) is 3.98. The molecule has 0 amide bonds. The standard InChI is InChI=1S/C5H11NO2.C5H10O5/c1-3(2)4(6)5(7)8;6-1-3(8)5(10)4(9)2-7/h3-4H,6H2,1-2H3,(H,7,8);1,3-5,7-10H,2H2/t;3-,4+,5+/m.0/s1. The minimum absolute atomic E-state index is 0.0208. The lowest BCUT2D eigenvalue weighted by Gasteiger charge is -2.16. The molecule has 7 N–H and O–H groups in total. The average Bonchev–Trinajstić information content (AvgIpc) is 2.35. The van der Waals surface area contributed by atoms with Crippen molar-refractivity contribution in [3.8, 4) is 0 Å². The first-order valence-corrected chi connectivity index (χ1v) is 5.27. The zero-order chi connectivity index (χ0) is 14.9. The van der Waals surface area contributed by atoms with Crippen LogP contribution < -0.4 is 5.73 Å². The molecule has 108 valence electrons. The molecule has 0 spiro atoms. The van der Waals surface area contributed by atoms with Crippen molar-refractivity contribution in [1.29, 1.82) is 0 Å². The zero-order valence-electron chi connectivity index (χ0n) is 10.3. The Labute approximate surface area is 105 Å². The smallest absolute Gasteiger partial charge is 0.320 e. The maximum atomic E-state index is 10.0. The van der Waals surface area contributed by atoms with Crippen molar-refractivity contribution in [2.75, 3.05) is 6.61 Å². The summed E-state index contributed by atoms with van der Waals surface area (Å²) in [7, 11) is 0. The van der Waals surface area contributed by atoms with E-state index < -0.39 is 36.9 Å². The summed E-state index contributed by atoms with van der Waals surface area (Å²) in [4.78, 5) is 19.8. The van der Waals surface area contributed by atoms with Crippen LogP contribution in [-0.4, -0.2) is 68.7 Å². The summed E-state index contributed by atoms with van der Waals surface area (Å²) in [6.45, 7) is 2.86. The fraction of sp³-hybridized carbons (Fsp3) is 0.800. The van der Waals surface area contributed by atoms with Crippen molar-refractivity contribution in [2.45, 2.75) is 38.2 Å². The molecule has 0 aliphatic carbocycles. The summed E-state index contributed by atoms with van der Waals surface area (Å²) in [6, 6.07) is -0.713. The van der Waals surface area contributed by atoms with Gasteiger partial charge in [0, 0.05) is 0 Å². The summed E-state index contributed by atoms with van der Waals surface area (Å²) >= 11 is 0. The summed E-state index contributed by atoms with van der Waals surface area (Å²) in [5, 5.41) is 42.3. The van der Waals surface area contributed by atoms with Crippen LogP contribution in [0.4, 0.5) is 0 Å².